The van der Waals surface area contributed by atoms with E-state index in [1.165, 1.54) is 0 Å². The molecule has 0 atom stereocenters. The van der Waals surface area contributed by atoms with E-state index in [1.54, 1.807) is 0 Å². The number of hydrogen-bond donors (Lipinski definition) is 2. The molecule has 1 aliphatic rings. The maximum absolute atomic E-state index is 13.7. The topological polar surface area (TPSA) is 59.8 Å². The summed E-state index contributed by atoms with van der Waals surface area (Å²) >= 11 is 0. The summed E-state index contributed by atoms with van der Waals surface area (Å²) in [6.45, 7) is 6.41. The molecular formula is C14H20F3N2O3S+. The van der Waals surface area contributed by atoms with Gasteiger partial charge in [-0.3, -0.25) is 0 Å². The highest BCUT2D eigenvalue weighted by Gasteiger charge is 2.34. The third-order valence-electron chi connectivity index (χ3n) is 4.05. The summed E-state index contributed by atoms with van der Waals surface area (Å²) in [5.74, 6) is -4.94. The van der Waals surface area contributed by atoms with Crippen LogP contribution in [0.3, 0.4) is 0 Å². The average Bonchev–Trinajstić information content (AvgIpc) is 2.52. The van der Waals surface area contributed by atoms with Gasteiger partial charge in [0.25, 0.3) is 0 Å². The number of hydrogen-bond acceptors (Lipinski definition) is 3. The number of sulfonamides is 1. The van der Waals surface area contributed by atoms with Gasteiger partial charge in [-0.05, 0) is 26.0 Å². The van der Waals surface area contributed by atoms with Gasteiger partial charge in [0, 0.05) is 0 Å². The molecule has 0 aromatic heterocycles. The molecule has 0 unspecified atom stereocenters. The maximum Gasteiger partial charge on any atom is 0.243 e. The summed E-state index contributed by atoms with van der Waals surface area (Å²) in [6.07, 6.45) is 0. The van der Waals surface area contributed by atoms with Gasteiger partial charge in [-0.15, -0.1) is 0 Å². The smallest absolute Gasteiger partial charge is 0.243 e. The molecule has 1 aromatic carbocycles. The Morgan fingerprint density at radius 2 is 1.78 bits per heavy atom. The first-order chi connectivity index (χ1) is 10.6. The summed E-state index contributed by atoms with van der Waals surface area (Å²) in [5, 5.41) is 0. The van der Waals surface area contributed by atoms with Crippen LogP contribution in [0.2, 0.25) is 0 Å². The number of morpholine rings is 1. The Morgan fingerprint density at radius 1 is 1.17 bits per heavy atom. The van der Waals surface area contributed by atoms with Crippen molar-refractivity contribution in [1.82, 2.24) is 4.72 Å². The fourth-order valence-corrected chi connectivity index (χ4v) is 3.77. The zero-order chi connectivity index (χ0) is 17.3. The van der Waals surface area contributed by atoms with Gasteiger partial charge < -0.3 is 9.64 Å². The van der Waals surface area contributed by atoms with E-state index in [0.29, 0.717) is 25.3 Å². The lowest BCUT2D eigenvalue weighted by atomic mass is 10.0. The van der Waals surface area contributed by atoms with Crippen molar-refractivity contribution in [1.29, 1.82) is 0 Å². The van der Waals surface area contributed by atoms with Crippen molar-refractivity contribution in [3.05, 3.63) is 29.6 Å². The van der Waals surface area contributed by atoms with Gasteiger partial charge in [-0.2, -0.15) is 0 Å². The van der Waals surface area contributed by atoms with E-state index in [2.05, 4.69) is 4.72 Å². The van der Waals surface area contributed by atoms with Gasteiger partial charge in [0.2, 0.25) is 10.0 Å². The first-order valence-corrected chi connectivity index (χ1v) is 8.69. The SMILES string of the molecule is CC(C)(CNS(=O)(=O)c1ccc(F)c(F)c1F)[NH+]1CCOCC1. The highest BCUT2D eigenvalue weighted by Crippen LogP contribution is 2.19. The van der Waals surface area contributed by atoms with Crippen LogP contribution in [0.15, 0.2) is 17.0 Å². The van der Waals surface area contributed by atoms with Gasteiger partial charge >= 0.3 is 0 Å². The quantitative estimate of drug-likeness (QED) is 0.737. The summed E-state index contributed by atoms with van der Waals surface area (Å²) in [6, 6.07) is 1.30. The Morgan fingerprint density at radius 3 is 2.39 bits per heavy atom. The fraction of sp³-hybridized carbons (Fsp3) is 0.571. The van der Waals surface area contributed by atoms with E-state index in [-0.39, 0.29) is 6.54 Å². The van der Waals surface area contributed by atoms with Crippen LogP contribution in [0.25, 0.3) is 0 Å². The number of quaternary nitrogens is 1. The van der Waals surface area contributed by atoms with Gasteiger partial charge in [0.1, 0.15) is 23.5 Å². The molecule has 0 spiro atoms. The lowest BCUT2D eigenvalue weighted by Gasteiger charge is -2.37. The molecule has 5 nitrogen and oxygen atoms in total. The van der Waals surface area contributed by atoms with Crippen LogP contribution in [0.4, 0.5) is 13.2 Å². The number of nitrogens with one attached hydrogen (secondary N) is 2. The third kappa shape index (κ3) is 4.03. The molecule has 9 heteroatoms. The number of halogens is 3. The standard InChI is InChI=1S/C14H19F3N2O3S/c1-14(2,19-5-7-22-8-6-19)9-18-23(20,21)11-4-3-10(15)12(16)13(11)17/h3-4,18H,5-9H2,1-2H3/p+1. The van der Waals surface area contributed by atoms with Crippen LogP contribution in [0.5, 0.6) is 0 Å². The molecule has 1 saturated heterocycles. The monoisotopic (exact) mass is 353 g/mol. The number of benzene rings is 1. The molecule has 1 fully saturated rings. The van der Waals surface area contributed by atoms with Crippen molar-refractivity contribution in [2.45, 2.75) is 24.3 Å². The molecule has 1 aromatic rings. The normalized spacial score (nSPS) is 17.4. The minimum Gasteiger partial charge on any atom is -0.370 e. The molecule has 0 saturated carbocycles. The molecule has 0 aliphatic carbocycles. The van der Waals surface area contributed by atoms with Crippen LogP contribution in [0.1, 0.15) is 13.8 Å². The Bertz CT molecular complexity index is 674. The highest BCUT2D eigenvalue weighted by atomic mass is 32.2. The first-order valence-electron chi connectivity index (χ1n) is 7.21. The van der Waals surface area contributed by atoms with Crippen molar-refractivity contribution in [3.8, 4) is 0 Å². The average molecular weight is 353 g/mol. The van der Waals surface area contributed by atoms with E-state index >= 15 is 0 Å². The summed E-state index contributed by atoms with van der Waals surface area (Å²) in [7, 11) is -4.28. The van der Waals surface area contributed by atoms with Gasteiger partial charge in [0.15, 0.2) is 17.5 Å². The lowest BCUT2D eigenvalue weighted by Crippen LogP contribution is -3.22. The van der Waals surface area contributed by atoms with E-state index in [9.17, 15) is 21.6 Å². The minimum absolute atomic E-state index is 0.0309. The van der Waals surface area contributed by atoms with Gasteiger partial charge in [-0.25, -0.2) is 26.3 Å². The zero-order valence-corrected chi connectivity index (χ0v) is 13.8. The summed E-state index contributed by atoms with van der Waals surface area (Å²) in [4.78, 5) is 0.251. The molecule has 0 amide bonds. The second-order valence-corrected chi connectivity index (χ2v) is 7.83. The van der Waals surface area contributed by atoms with E-state index in [0.717, 1.165) is 18.0 Å². The molecule has 1 heterocycles. The molecule has 23 heavy (non-hydrogen) atoms. The van der Waals surface area contributed by atoms with Crippen LogP contribution >= 0.6 is 0 Å². The van der Waals surface area contributed by atoms with E-state index in [1.807, 2.05) is 13.8 Å². The maximum atomic E-state index is 13.7. The van der Waals surface area contributed by atoms with Crippen molar-refractivity contribution < 1.29 is 31.2 Å². The molecule has 2 N–H and O–H groups in total. The third-order valence-corrected chi connectivity index (χ3v) is 5.47. The Labute approximate surface area is 133 Å². The lowest BCUT2D eigenvalue weighted by molar-refractivity contribution is -0.954. The molecule has 1 aliphatic heterocycles. The van der Waals surface area contributed by atoms with Gasteiger partial charge in [-0.1, -0.05) is 0 Å². The second-order valence-electron chi connectivity index (χ2n) is 6.10. The predicted molar refractivity (Wildman–Crippen MR) is 77.1 cm³/mol. The highest BCUT2D eigenvalue weighted by molar-refractivity contribution is 7.89. The van der Waals surface area contributed by atoms with Crippen LogP contribution in [-0.2, 0) is 14.8 Å². The Balaban J connectivity index is 2.14. The summed E-state index contributed by atoms with van der Waals surface area (Å²) in [5.41, 5.74) is -0.452. The van der Waals surface area contributed by atoms with Crippen LogP contribution in [-0.4, -0.2) is 46.8 Å². The van der Waals surface area contributed by atoms with Crippen molar-refractivity contribution in [3.63, 3.8) is 0 Å². The van der Waals surface area contributed by atoms with Crippen LogP contribution < -0.4 is 9.62 Å². The zero-order valence-electron chi connectivity index (χ0n) is 13.0. The van der Waals surface area contributed by atoms with Crippen molar-refractivity contribution in [2.24, 2.45) is 0 Å². The number of ether oxygens (including phenoxy) is 1. The minimum atomic E-state index is -4.28. The van der Waals surface area contributed by atoms with Crippen LogP contribution in [0, 0.1) is 17.5 Å². The molecular weight excluding hydrogens is 333 g/mol. The molecule has 130 valence electrons. The Kier molecular flexibility index (Phi) is 5.34. The second kappa shape index (κ2) is 6.76. The van der Waals surface area contributed by atoms with E-state index < -0.39 is 37.9 Å². The fourth-order valence-electron chi connectivity index (χ4n) is 2.49. The van der Waals surface area contributed by atoms with Crippen molar-refractivity contribution in [2.75, 3.05) is 32.8 Å². The van der Waals surface area contributed by atoms with Gasteiger partial charge in [0.05, 0.1) is 19.8 Å². The predicted octanol–water partition coefficient (Wildman–Crippen LogP) is 0.0759. The number of rotatable bonds is 5. The summed E-state index contributed by atoms with van der Waals surface area (Å²) < 4.78 is 71.7. The molecule has 2 rings (SSSR count). The molecule has 0 radical (unpaired) electrons. The Hall–Kier alpha value is -1.16. The first kappa shape index (κ1) is 18.2. The van der Waals surface area contributed by atoms with Crippen molar-refractivity contribution >= 4 is 10.0 Å². The molecule has 0 bridgehead atoms. The van der Waals surface area contributed by atoms with E-state index in [4.69, 9.17) is 4.74 Å². The largest absolute Gasteiger partial charge is 0.370 e.